The van der Waals surface area contributed by atoms with Crippen LogP contribution in [0.3, 0.4) is 0 Å². The van der Waals surface area contributed by atoms with Gasteiger partial charge < -0.3 is 15.4 Å². The number of nitrogens with one attached hydrogen (secondary N) is 3. The minimum absolute atomic E-state index is 0.147. The van der Waals surface area contributed by atoms with Crippen molar-refractivity contribution in [3.8, 4) is 5.75 Å². The molecule has 1 aromatic heterocycles. The molecule has 2 aromatic carbocycles. The Bertz CT molecular complexity index is 1010. The number of ether oxygens (including phenoxy) is 1. The van der Waals surface area contributed by atoms with Gasteiger partial charge in [-0.15, -0.1) is 11.3 Å². The topological polar surface area (TPSA) is 92.4 Å². The standard InChI is InChI=1S/C18H14Cl2N4O3S/c1-27-15-7-4-11(20)8-13(15)22-16(25)14-9-28-18(23-14)24-17(26)21-12-5-2-10(19)3-6-12/h2-9H,1H3,(H,22,25)(H2,21,23,24,26). The number of urea groups is 1. The molecule has 3 aromatic rings. The van der Waals surface area contributed by atoms with Gasteiger partial charge in [-0.1, -0.05) is 23.2 Å². The molecule has 0 fully saturated rings. The Morgan fingerprint density at radius 1 is 1.00 bits per heavy atom. The summed E-state index contributed by atoms with van der Waals surface area (Å²) in [6.45, 7) is 0. The molecular formula is C18H14Cl2N4O3S. The zero-order chi connectivity index (χ0) is 20.1. The summed E-state index contributed by atoms with van der Waals surface area (Å²) in [7, 11) is 1.49. The summed E-state index contributed by atoms with van der Waals surface area (Å²) < 4.78 is 5.19. The molecule has 0 unspecified atom stereocenters. The van der Waals surface area contributed by atoms with Crippen molar-refractivity contribution in [3.05, 3.63) is 63.6 Å². The Morgan fingerprint density at radius 3 is 2.43 bits per heavy atom. The highest BCUT2D eigenvalue weighted by Crippen LogP contribution is 2.28. The van der Waals surface area contributed by atoms with Gasteiger partial charge in [0.2, 0.25) is 0 Å². The van der Waals surface area contributed by atoms with Gasteiger partial charge in [0.1, 0.15) is 11.4 Å². The van der Waals surface area contributed by atoms with Crippen molar-refractivity contribution in [1.29, 1.82) is 0 Å². The molecule has 0 bridgehead atoms. The lowest BCUT2D eigenvalue weighted by molar-refractivity contribution is 0.102. The summed E-state index contributed by atoms with van der Waals surface area (Å²) in [5.74, 6) is 0.0108. The van der Waals surface area contributed by atoms with Gasteiger partial charge in [0.05, 0.1) is 12.8 Å². The van der Waals surface area contributed by atoms with Crippen LogP contribution < -0.4 is 20.7 Å². The molecule has 3 amide bonds. The molecule has 0 radical (unpaired) electrons. The molecule has 0 aliphatic heterocycles. The monoisotopic (exact) mass is 436 g/mol. The average molecular weight is 437 g/mol. The molecule has 0 saturated carbocycles. The van der Waals surface area contributed by atoms with Crippen molar-refractivity contribution in [3.63, 3.8) is 0 Å². The number of benzene rings is 2. The van der Waals surface area contributed by atoms with E-state index in [0.29, 0.717) is 27.2 Å². The molecule has 3 N–H and O–H groups in total. The van der Waals surface area contributed by atoms with Crippen LogP contribution in [0, 0.1) is 0 Å². The van der Waals surface area contributed by atoms with Crippen LogP contribution in [0.2, 0.25) is 10.0 Å². The molecule has 3 rings (SSSR count). The smallest absolute Gasteiger partial charge is 0.325 e. The van der Waals surface area contributed by atoms with Crippen molar-refractivity contribution >= 4 is 63.0 Å². The van der Waals surface area contributed by atoms with Crippen molar-refractivity contribution < 1.29 is 14.3 Å². The second kappa shape index (κ2) is 8.92. The minimum atomic E-state index is -0.486. The highest BCUT2D eigenvalue weighted by Gasteiger charge is 2.15. The van der Waals surface area contributed by atoms with E-state index < -0.39 is 11.9 Å². The molecule has 144 valence electrons. The second-order valence-electron chi connectivity index (χ2n) is 5.42. The predicted molar refractivity (Wildman–Crippen MR) is 112 cm³/mol. The van der Waals surface area contributed by atoms with Crippen LogP contribution in [0.5, 0.6) is 5.75 Å². The summed E-state index contributed by atoms with van der Waals surface area (Å²) in [5, 5.41) is 10.7. The first-order valence-corrected chi connectivity index (χ1v) is 9.52. The van der Waals surface area contributed by atoms with Gasteiger partial charge >= 0.3 is 6.03 Å². The quantitative estimate of drug-likeness (QED) is 0.502. The van der Waals surface area contributed by atoms with Crippen molar-refractivity contribution in [2.45, 2.75) is 0 Å². The van der Waals surface area contributed by atoms with Crippen molar-refractivity contribution in [1.82, 2.24) is 4.98 Å². The lowest BCUT2D eigenvalue weighted by atomic mass is 10.3. The lowest BCUT2D eigenvalue weighted by Gasteiger charge is -2.09. The van der Waals surface area contributed by atoms with Crippen molar-refractivity contribution in [2.24, 2.45) is 0 Å². The number of hydrogen-bond donors (Lipinski definition) is 3. The predicted octanol–water partition coefficient (Wildman–Crippen LogP) is 5.35. The van der Waals surface area contributed by atoms with E-state index in [9.17, 15) is 9.59 Å². The summed E-state index contributed by atoms with van der Waals surface area (Å²) in [6.07, 6.45) is 0. The Hall–Kier alpha value is -2.81. The number of thiazole rings is 1. The SMILES string of the molecule is COc1ccc(Cl)cc1NC(=O)c1csc(NC(=O)Nc2ccc(Cl)cc2)n1. The van der Waals surface area contributed by atoms with Crippen molar-refractivity contribution in [2.75, 3.05) is 23.1 Å². The number of methoxy groups -OCH3 is 1. The van der Waals surface area contributed by atoms with E-state index in [1.807, 2.05) is 0 Å². The summed E-state index contributed by atoms with van der Waals surface area (Å²) in [5.41, 5.74) is 1.14. The molecule has 7 nitrogen and oxygen atoms in total. The van der Waals surface area contributed by atoms with Gasteiger partial charge in [-0.25, -0.2) is 9.78 Å². The van der Waals surface area contributed by atoms with Gasteiger partial charge in [0.15, 0.2) is 5.13 Å². The van der Waals surface area contributed by atoms with E-state index in [1.165, 1.54) is 12.5 Å². The fraction of sp³-hybridized carbons (Fsp3) is 0.0556. The van der Waals surface area contributed by atoms with E-state index in [0.717, 1.165) is 11.3 Å². The highest BCUT2D eigenvalue weighted by atomic mass is 35.5. The van der Waals surface area contributed by atoms with Crippen LogP contribution in [-0.2, 0) is 0 Å². The number of anilines is 3. The largest absolute Gasteiger partial charge is 0.495 e. The first kappa shape index (κ1) is 19.9. The Morgan fingerprint density at radius 2 is 1.71 bits per heavy atom. The maximum atomic E-state index is 12.4. The molecule has 0 aliphatic carbocycles. The first-order chi connectivity index (χ1) is 13.4. The maximum absolute atomic E-state index is 12.4. The Kier molecular flexibility index (Phi) is 6.35. The second-order valence-corrected chi connectivity index (χ2v) is 7.15. The summed E-state index contributed by atoms with van der Waals surface area (Å²) in [4.78, 5) is 28.6. The molecule has 1 heterocycles. The zero-order valence-electron chi connectivity index (χ0n) is 14.5. The number of aromatic nitrogens is 1. The van der Waals surface area contributed by atoms with E-state index >= 15 is 0 Å². The first-order valence-electron chi connectivity index (χ1n) is 7.88. The fourth-order valence-corrected chi connectivity index (χ4v) is 3.18. The maximum Gasteiger partial charge on any atom is 0.325 e. The molecule has 0 spiro atoms. The molecule has 28 heavy (non-hydrogen) atoms. The molecule has 10 heteroatoms. The third-order valence-corrected chi connectivity index (χ3v) is 4.71. The number of amides is 3. The van der Waals surface area contributed by atoms with Gasteiger partial charge in [-0.3, -0.25) is 10.1 Å². The number of hydrogen-bond acceptors (Lipinski definition) is 5. The molecule has 0 aliphatic rings. The normalized spacial score (nSPS) is 10.2. The molecular weight excluding hydrogens is 423 g/mol. The number of nitrogens with zero attached hydrogens (tertiary/aromatic N) is 1. The third kappa shape index (κ3) is 5.13. The van der Waals surface area contributed by atoms with Crippen LogP contribution in [0.1, 0.15) is 10.5 Å². The molecule has 0 atom stereocenters. The zero-order valence-corrected chi connectivity index (χ0v) is 16.8. The Labute approximate surface area is 174 Å². The summed E-state index contributed by atoms with van der Waals surface area (Å²) in [6, 6.07) is 11.0. The van der Waals surface area contributed by atoms with E-state index in [-0.39, 0.29) is 10.8 Å². The number of halogens is 2. The summed E-state index contributed by atoms with van der Waals surface area (Å²) >= 11 is 12.9. The number of carbonyl (C=O) groups excluding carboxylic acids is 2. The molecule has 0 saturated heterocycles. The minimum Gasteiger partial charge on any atom is -0.495 e. The van der Waals surface area contributed by atoms with Gasteiger partial charge in [0.25, 0.3) is 5.91 Å². The van der Waals surface area contributed by atoms with E-state index in [4.69, 9.17) is 27.9 Å². The van der Waals surface area contributed by atoms with Gasteiger partial charge in [-0.05, 0) is 42.5 Å². The van der Waals surface area contributed by atoms with Crippen LogP contribution >= 0.6 is 34.5 Å². The van der Waals surface area contributed by atoms with Crippen LogP contribution in [-0.4, -0.2) is 24.0 Å². The van der Waals surface area contributed by atoms with Gasteiger partial charge in [-0.2, -0.15) is 0 Å². The number of rotatable bonds is 5. The average Bonchev–Trinajstić information content (AvgIpc) is 3.12. The van der Waals surface area contributed by atoms with E-state index in [2.05, 4.69) is 20.9 Å². The lowest BCUT2D eigenvalue weighted by Crippen LogP contribution is -2.19. The third-order valence-electron chi connectivity index (χ3n) is 3.47. The Balaban J connectivity index is 1.63. The fourth-order valence-electron chi connectivity index (χ4n) is 2.19. The van der Waals surface area contributed by atoms with Gasteiger partial charge in [0, 0.05) is 21.1 Å². The van der Waals surface area contributed by atoms with Crippen LogP contribution in [0.15, 0.2) is 47.8 Å². The van der Waals surface area contributed by atoms with Crippen LogP contribution in [0.25, 0.3) is 0 Å². The highest BCUT2D eigenvalue weighted by molar-refractivity contribution is 7.14. The van der Waals surface area contributed by atoms with E-state index in [1.54, 1.807) is 42.5 Å². The number of carbonyl (C=O) groups is 2. The van der Waals surface area contributed by atoms with Crippen LogP contribution in [0.4, 0.5) is 21.3 Å².